The maximum Gasteiger partial charge on any atom is 0.187 e. The molecule has 6 heteroatoms. The molecule has 2 aromatic rings. The average molecular weight is 401 g/mol. The van der Waals surface area contributed by atoms with Gasteiger partial charge in [-0.2, -0.15) is 0 Å². The van der Waals surface area contributed by atoms with Gasteiger partial charge >= 0.3 is 0 Å². The largest absolute Gasteiger partial charge is 0.497 e. The zero-order chi connectivity index (χ0) is 19.8. The van der Waals surface area contributed by atoms with Crippen LogP contribution >= 0.6 is 11.8 Å². The number of methoxy groups -OCH3 is 1. The highest BCUT2D eigenvalue weighted by atomic mass is 32.2. The first kappa shape index (κ1) is 21.1. The van der Waals surface area contributed by atoms with Gasteiger partial charge < -0.3 is 14.5 Å². The van der Waals surface area contributed by atoms with Crippen LogP contribution in [0.25, 0.3) is 0 Å². The second-order valence-electron chi connectivity index (χ2n) is 7.68. The highest BCUT2D eigenvalue weighted by Crippen LogP contribution is 2.19. The molecule has 1 aliphatic heterocycles. The van der Waals surface area contributed by atoms with Crippen molar-refractivity contribution < 1.29 is 4.74 Å². The third-order valence-corrected chi connectivity index (χ3v) is 5.94. The number of hydrogen-bond acceptors (Lipinski definition) is 6. The molecule has 1 saturated heterocycles. The Bertz CT molecular complexity index is 707. The second kappa shape index (κ2) is 10.8. The number of aromatic nitrogens is 2. The van der Waals surface area contributed by atoms with Crippen LogP contribution in [0.2, 0.25) is 0 Å². The van der Waals surface area contributed by atoms with Crippen molar-refractivity contribution in [2.24, 2.45) is 5.92 Å². The molecule has 28 heavy (non-hydrogen) atoms. The summed E-state index contributed by atoms with van der Waals surface area (Å²) in [5.41, 5.74) is 2.57. The van der Waals surface area contributed by atoms with Crippen molar-refractivity contribution >= 4 is 11.8 Å². The number of benzene rings is 1. The van der Waals surface area contributed by atoms with Gasteiger partial charge in [-0.05, 0) is 62.7 Å². The Hall–Kier alpha value is -1.63. The summed E-state index contributed by atoms with van der Waals surface area (Å²) in [5.74, 6) is 1.67. The molecule has 0 spiro atoms. The zero-order valence-corrected chi connectivity index (χ0v) is 18.1. The van der Waals surface area contributed by atoms with Crippen molar-refractivity contribution in [1.29, 1.82) is 0 Å². The molecular weight excluding hydrogens is 368 g/mol. The number of likely N-dealkylation sites (tertiary alicyclic amines) is 1. The zero-order valence-electron chi connectivity index (χ0n) is 17.3. The topological polar surface area (TPSA) is 41.5 Å². The van der Waals surface area contributed by atoms with Crippen LogP contribution in [0.5, 0.6) is 5.75 Å². The van der Waals surface area contributed by atoms with Gasteiger partial charge in [0.15, 0.2) is 5.16 Å². The number of hydrogen-bond donors (Lipinski definition) is 0. The predicted molar refractivity (Wildman–Crippen MR) is 116 cm³/mol. The monoisotopic (exact) mass is 400 g/mol. The van der Waals surface area contributed by atoms with E-state index in [1.165, 1.54) is 37.1 Å². The fourth-order valence-corrected chi connectivity index (χ4v) is 4.25. The molecule has 5 nitrogen and oxygen atoms in total. The summed E-state index contributed by atoms with van der Waals surface area (Å²) in [6.45, 7) is 5.60. The van der Waals surface area contributed by atoms with Crippen molar-refractivity contribution in [2.75, 3.05) is 46.6 Å². The molecule has 0 N–H and O–H groups in total. The van der Waals surface area contributed by atoms with Crippen molar-refractivity contribution in [3.63, 3.8) is 0 Å². The van der Waals surface area contributed by atoms with Crippen LogP contribution in [-0.4, -0.2) is 66.4 Å². The molecule has 0 amide bonds. The summed E-state index contributed by atoms with van der Waals surface area (Å²) < 4.78 is 5.24. The fraction of sp³-hybridized carbons (Fsp3) is 0.545. The van der Waals surface area contributed by atoms with E-state index in [4.69, 9.17) is 4.74 Å². The van der Waals surface area contributed by atoms with E-state index in [0.29, 0.717) is 0 Å². The van der Waals surface area contributed by atoms with Crippen molar-refractivity contribution in [3.05, 3.63) is 47.8 Å². The maximum absolute atomic E-state index is 5.24. The summed E-state index contributed by atoms with van der Waals surface area (Å²) in [5, 5.41) is 0.839. The van der Waals surface area contributed by atoms with E-state index < -0.39 is 0 Å². The van der Waals surface area contributed by atoms with Gasteiger partial charge in [0.25, 0.3) is 0 Å². The number of nitrogens with zero attached hydrogens (tertiary/aromatic N) is 4. The van der Waals surface area contributed by atoms with E-state index in [-0.39, 0.29) is 0 Å². The van der Waals surface area contributed by atoms with E-state index in [1.807, 2.05) is 18.6 Å². The molecule has 152 valence electrons. The summed E-state index contributed by atoms with van der Waals surface area (Å²) in [7, 11) is 3.92. The molecule has 0 aliphatic carbocycles. The Balaban J connectivity index is 1.43. The third-order valence-electron chi connectivity index (χ3n) is 5.37. The molecule has 0 radical (unpaired) electrons. The van der Waals surface area contributed by atoms with E-state index in [2.05, 4.69) is 51.1 Å². The first-order valence-corrected chi connectivity index (χ1v) is 11.3. The first-order chi connectivity index (χ1) is 13.7. The SMILES string of the molecule is COc1ccc(CCN2CCC[C@@H](CN(C)Cc3cnc(SC)nc3)C2)cc1. The average Bonchev–Trinajstić information content (AvgIpc) is 2.73. The number of thioether (sulfide) groups is 1. The highest BCUT2D eigenvalue weighted by Gasteiger charge is 2.21. The standard InChI is InChI=1S/C22H32N4OS/c1-25(16-20-13-23-22(28-3)24-14-20)15-19-5-4-11-26(17-19)12-10-18-6-8-21(27-2)9-7-18/h6-9,13-14,19H,4-5,10-12,15-17H2,1-3H3/t19-/m0/s1. The summed E-state index contributed by atoms with van der Waals surface area (Å²) in [4.78, 5) is 13.8. The summed E-state index contributed by atoms with van der Waals surface area (Å²) in [6, 6.07) is 8.47. The molecule has 1 aromatic heterocycles. The Kier molecular flexibility index (Phi) is 8.13. The van der Waals surface area contributed by atoms with Crippen molar-refractivity contribution in [1.82, 2.24) is 19.8 Å². The van der Waals surface area contributed by atoms with Crippen LogP contribution in [0.1, 0.15) is 24.0 Å². The van der Waals surface area contributed by atoms with Gasteiger partial charge in [0, 0.05) is 44.1 Å². The molecule has 1 atom stereocenters. The lowest BCUT2D eigenvalue weighted by Crippen LogP contribution is -2.40. The molecule has 1 aliphatic rings. The van der Waals surface area contributed by atoms with Crippen molar-refractivity contribution in [3.8, 4) is 5.75 Å². The minimum atomic E-state index is 0.737. The van der Waals surface area contributed by atoms with Crippen molar-refractivity contribution in [2.45, 2.75) is 31.0 Å². The number of rotatable bonds is 9. The van der Waals surface area contributed by atoms with Gasteiger partial charge in [0.05, 0.1) is 7.11 Å². The lowest BCUT2D eigenvalue weighted by atomic mass is 9.97. The highest BCUT2D eigenvalue weighted by molar-refractivity contribution is 7.98. The minimum absolute atomic E-state index is 0.737. The molecule has 1 fully saturated rings. The Labute approximate surface area is 173 Å². The normalized spacial score (nSPS) is 17.8. The van der Waals surface area contributed by atoms with Crippen LogP contribution in [0, 0.1) is 5.92 Å². The van der Waals surface area contributed by atoms with Crippen LogP contribution in [0.3, 0.4) is 0 Å². The molecule has 0 unspecified atom stereocenters. The molecule has 1 aromatic carbocycles. The van der Waals surface area contributed by atoms with E-state index in [1.54, 1.807) is 18.9 Å². The molecule has 0 saturated carbocycles. The predicted octanol–water partition coefficient (Wildman–Crippen LogP) is 3.59. The summed E-state index contributed by atoms with van der Waals surface area (Å²) >= 11 is 1.58. The molecule has 2 heterocycles. The Morgan fingerprint density at radius 1 is 1.18 bits per heavy atom. The number of ether oxygens (including phenoxy) is 1. The van der Waals surface area contributed by atoms with Crippen LogP contribution in [0.4, 0.5) is 0 Å². The third kappa shape index (κ3) is 6.47. The van der Waals surface area contributed by atoms with Gasteiger partial charge in [-0.25, -0.2) is 9.97 Å². The smallest absolute Gasteiger partial charge is 0.187 e. The van der Waals surface area contributed by atoms with E-state index in [0.717, 1.165) is 42.9 Å². The molecule has 3 rings (SSSR count). The van der Waals surface area contributed by atoms with Crippen LogP contribution < -0.4 is 4.74 Å². The fourth-order valence-electron chi connectivity index (χ4n) is 3.93. The van der Waals surface area contributed by atoms with Gasteiger partial charge in [-0.15, -0.1) is 0 Å². The van der Waals surface area contributed by atoms with Crippen LogP contribution in [-0.2, 0) is 13.0 Å². The summed E-state index contributed by atoms with van der Waals surface area (Å²) in [6.07, 6.45) is 9.64. The van der Waals surface area contributed by atoms with Gasteiger partial charge in [0.2, 0.25) is 0 Å². The Morgan fingerprint density at radius 2 is 1.93 bits per heavy atom. The number of piperidine rings is 1. The van der Waals surface area contributed by atoms with E-state index >= 15 is 0 Å². The van der Waals surface area contributed by atoms with Crippen LogP contribution in [0.15, 0.2) is 41.8 Å². The first-order valence-electron chi connectivity index (χ1n) is 10.0. The minimum Gasteiger partial charge on any atom is -0.497 e. The maximum atomic E-state index is 5.24. The molecular formula is C22H32N4OS. The van der Waals surface area contributed by atoms with Gasteiger partial charge in [-0.3, -0.25) is 0 Å². The van der Waals surface area contributed by atoms with Gasteiger partial charge in [0.1, 0.15) is 5.75 Å². The van der Waals surface area contributed by atoms with Gasteiger partial charge in [-0.1, -0.05) is 23.9 Å². The lowest BCUT2D eigenvalue weighted by Gasteiger charge is -2.34. The Morgan fingerprint density at radius 3 is 2.61 bits per heavy atom. The van der Waals surface area contributed by atoms with E-state index in [9.17, 15) is 0 Å². The quantitative estimate of drug-likeness (QED) is 0.473. The second-order valence-corrected chi connectivity index (χ2v) is 8.46. The molecule has 0 bridgehead atoms. The lowest BCUT2D eigenvalue weighted by molar-refractivity contribution is 0.142.